The smallest absolute Gasteiger partial charge is 0.395 e. The molecule has 0 bridgehead atoms. The van der Waals surface area contributed by atoms with E-state index < -0.39 is 6.29 Å². The van der Waals surface area contributed by atoms with Crippen LogP contribution < -0.4 is 15.2 Å². The number of benzene rings is 2. The molecule has 2 aromatic carbocycles. The number of nitrogens with one attached hydrogen (secondary N) is 1. The molecule has 8 heteroatoms. The minimum absolute atomic E-state index is 0.0393. The van der Waals surface area contributed by atoms with Crippen LogP contribution in [0.5, 0.6) is 11.5 Å². The summed E-state index contributed by atoms with van der Waals surface area (Å²) in [6.07, 6.45) is -0.627. The van der Waals surface area contributed by atoms with Gasteiger partial charge in [0.1, 0.15) is 6.07 Å². The second-order valence-electron chi connectivity index (χ2n) is 5.43. The Balaban J connectivity index is 0.000000197. The van der Waals surface area contributed by atoms with Gasteiger partial charge >= 0.3 is 6.29 Å². The molecule has 136 valence electrons. The van der Waals surface area contributed by atoms with Gasteiger partial charge in [-0.1, -0.05) is 30.3 Å². The highest BCUT2D eigenvalue weighted by atomic mass is 19.3. The summed E-state index contributed by atoms with van der Waals surface area (Å²) in [5.74, 6) is -0.475. The van der Waals surface area contributed by atoms with Gasteiger partial charge in [0.05, 0.1) is 5.56 Å². The fourth-order valence-corrected chi connectivity index (χ4v) is 2.46. The van der Waals surface area contributed by atoms with Crippen LogP contribution in [0.2, 0.25) is 0 Å². The fourth-order valence-electron chi connectivity index (χ4n) is 2.46. The Labute approximate surface area is 152 Å². The number of nitrogens with two attached hydrogens (primary N) is 1. The average molecular weight is 369 g/mol. The molecule has 0 fully saturated rings. The number of rotatable bonds is 2. The Bertz CT molecular complexity index is 1010. The molecule has 6 nitrogen and oxygen atoms in total. The summed E-state index contributed by atoms with van der Waals surface area (Å²) in [4.78, 5) is 13.2. The Morgan fingerprint density at radius 1 is 1.04 bits per heavy atom. The predicted octanol–water partition coefficient (Wildman–Crippen LogP) is 3.66. The summed E-state index contributed by atoms with van der Waals surface area (Å²) in [6.45, 7) is 0. The summed E-state index contributed by atoms with van der Waals surface area (Å²) < 4.78 is 34.9. The maximum Gasteiger partial charge on any atom is 0.586 e. The van der Waals surface area contributed by atoms with E-state index in [1.54, 1.807) is 42.6 Å². The van der Waals surface area contributed by atoms with Gasteiger partial charge in [0.15, 0.2) is 11.5 Å². The SMILES string of the molecule is N#Cc1c[nH]cc1-c1cccc2c1OC(F)(F)O2.NC(=O)c1ccccc1. The normalized spacial score (nSPS) is 13.2. The van der Waals surface area contributed by atoms with E-state index in [2.05, 4.69) is 14.5 Å². The first-order valence-electron chi connectivity index (χ1n) is 7.72. The van der Waals surface area contributed by atoms with Gasteiger partial charge in [-0.3, -0.25) is 4.79 Å². The van der Waals surface area contributed by atoms with Crippen molar-refractivity contribution in [2.75, 3.05) is 0 Å². The van der Waals surface area contributed by atoms with E-state index in [1.807, 2.05) is 12.1 Å². The molecule has 1 aliphatic heterocycles. The molecule has 0 saturated heterocycles. The molecule has 0 radical (unpaired) electrons. The second kappa shape index (κ2) is 7.17. The molecule has 0 spiro atoms. The lowest BCUT2D eigenvalue weighted by atomic mass is 10.0. The lowest BCUT2D eigenvalue weighted by molar-refractivity contribution is -0.286. The number of ether oxygens (including phenoxy) is 2. The number of aromatic amines is 1. The summed E-state index contributed by atoms with van der Waals surface area (Å²) in [6, 6.07) is 15.3. The van der Waals surface area contributed by atoms with Crippen molar-refractivity contribution < 1.29 is 23.0 Å². The largest absolute Gasteiger partial charge is 0.586 e. The van der Waals surface area contributed by atoms with Crippen molar-refractivity contribution >= 4 is 5.91 Å². The highest BCUT2D eigenvalue weighted by molar-refractivity contribution is 5.92. The van der Waals surface area contributed by atoms with Crippen LogP contribution in [0.4, 0.5) is 8.78 Å². The third kappa shape index (κ3) is 3.88. The number of hydrogen-bond acceptors (Lipinski definition) is 4. The van der Waals surface area contributed by atoms with Crippen molar-refractivity contribution in [1.82, 2.24) is 4.98 Å². The molecule has 0 unspecified atom stereocenters. The summed E-state index contributed by atoms with van der Waals surface area (Å²) in [7, 11) is 0. The van der Waals surface area contributed by atoms with E-state index in [4.69, 9.17) is 11.0 Å². The molecule has 4 rings (SSSR count). The molecule has 1 aliphatic rings. The van der Waals surface area contributed by atoms with Gasteiger partial charge < -0.3 is 20.2 Å². The number of alkyl halides is 2. The molecule has 2 heterocycles. The van der Waals surface area contributed by atoms with Crippen LogP contribution in [-0.2, 0) is 0 Å². The molecule has 27 heavy (non-hydrogen) atoms. The van der Waals surface area contributed by atoms with Gasteiger partial charge in [-0.15, -0.1) is 8.78 Å². The second-order valence-corrected chi connectivity index (χ2v) is 5.43. The Morgan fingerprint density at radius 2 is 1.78 bits per heavy atom. The lowest BCUT2D eigenvalue weighted by Gasteiger charge is -2.06. The van der Waals surface area contributed by atoms with Crippen LogP contribution in [-0.4, -0.2) is 17.2 Å². The van der Waals surface area contributed by atoms with Crippen molar-refractivity contribution in [3.05, 3.63) is 72.1 Å². The third-order valence-corrected chi connectivity index (χ3v) is 3.64. The Kier molecular flexibility index (Phi) is 4.77. The average Bonchev–Trinajstić information content (AvgIpc) is 3.24. The highest BCUT2D eigenvalue weighted by Gasteiger charge is 2.44. The molecule has 0 atom stereocenters. The zero-order valence-corrected chi connectivity index (χ0v) is 13.8. The number of fused-ring (bicyclic) bond motifs is 1. The van der Waals surface area contributed by atoms with Gasteiger partial charge in [0.25, 0.3) is 0 Å². The zero-order valence-electron chi connectivity index (χ0n) is 13.8. The Hall–Kier alpha value is -3.86. The van der Waals surface area contributed by atoms with E-state index in [-0.39, 0.29) is 17.4 Å². The van der Waals surface area contributed by atoms with Gasteiger partial charge in [-0.25, -0.2) is 0 Å². The van der Waals surface area contributed by atoms with E-state index >= 15 is 0 Å². The standard InChI is InChI=1S/C12H6F2N2O2.C7H7NO/c13-12(14)17-10-3-1-2-8(11(10)18-12)9-6-16-5-7(9)4-15;8-7(9)6-4-2-1-3-5-6/h1-3,5-6,16H;1-5H,(H2,8,9). The number of carbonyl (C=O) groups excluding carboxylic acids is 1. The number of H-pyrrole nitrogens is 1. The van der Waals surface area contributed by atoms with Crippen molar-refractivity contribution in [3.63, 3.8) is 0 Å². The van der Waals surface area contributed by atoms with Crippen LogP contribution in [0.15, 0.2) is 60.9 Å². The minimum atomic E-state index is -3.67. The topological polar surface area (TPSA) is 101 Å². The Morgan fingerprint density at radius 3 is 2.41 bits per heavy atom. The summed E-state index contributed by atoms with van der Waals surface area (Å²) >= 11 is 0. The van der Waals surface area contributed by atoms with E-state index in [1.165, 1.54) is 12.3 Å². The molecule has 0 saturated carbocycles. The first kappa shape index (κ1) is 17.9. The first-order chi connectivity index (χ1) is 12.9. The number of hydrogen-bond donors (Lipinski definition) is 2. The number of amides is 1. The number of aromatic nitrogens is 1. The molecule has 3 N–H and O–H groups in total. The maximum absolute atomic E-state index is 13.0. The van der Waals surface area contributed by atoms with Crippen molar-refractivity contribution in [3.8, 4) is 28.7 Å². The summed E-state index contributed by atoms with van der Waals surface area (Å²) in [5, 5.41) is 8.93. The van der Waals surface area contributed by atoms with Gasteiger partial charge in [0, 0.05) is 29.1 Å². The van der Waals surface area contributed by atoms with Crippen LogP contribution in [0.1, 0.15) is 15.9 Å². The monoisotopic (exact) mass is 369 g/mol. The third-order valence-electron chi connectivity index (χ3n) is 3.64. The molecule has 1 amide bonds. The number of para-hydroxylation sites is 1. The van der Waals surface area contributed by atoms with Crippen molar-refractivity contribution in [1.29, 1.82) is 5.26 Å². The summed E-state index contributed by atoms with van der Waals surface area (Å²) in [5.41, 5.74) is 6.76. The lowest BCUT2D eigenvalue weighted by Crippen LogP contribution is -2.26. The van der Waals surface area contributed by atoms with Gasteiger partial charge in [-0.2, -0.15) is 5.26 Å². The fraction of sp³-hybridized carbons (Fsp3) is 0.0526. The quantitative estimate of drug-likeness (QED) is 0.720. The van der Waals surface area contributed by atoms with Crippen molar-refractivity contribution in [2.24, 2.45) is 5.73 Å². The van der Waals surface area contributed by atoms with Gasteiger partial charge in [0.2, 0.25) is 5.91 Å². The van der Waals surface area contributed by atoms with E-state index in [0.717, 1.165) is 0 Å². The first-order valence-corrected chi connectivity index (χ1v) is 7.72. The zero-order chi connectivity index (χ0) is 19.4. The number of nitrogens with zero attached hydrogens (tertiary/aromatic N) is 1. The maximum atomic E-state index is 13.0. The molecule has 0 aliphatic carbocycles. The highest BCUT2D eigenvalue weighted by Crippen LogP contribution is 2.47. The van der Waals surface area contributed by atoms with Crippen LogP contribution in [0, 0.1) is 11.3 Å². The van der Waals surface area contributed by atoms with Crippen LogP contribution >= 0.6 is 0 Å². The van der Waals surface area contributed by atoms with E-state index in [9.17, 15) is 13.6 Å². The van der Waals surface area contributed by atoms with Crippen LogP contribution in [0.25, 0.3) is 11.1 Å². The number of halogens is 2. The molecular weight excluding hydrogens is 356 g/mol. The van der Waals surface area contributed by atoms with Crippen molar-refractivity contribution in [2.45, 2.75) is 6.29 Å². The molecule has 3 aromatic rings. The number of nitriles is 1. The minimum Gasteiger partial charge on any atom is -0.395 e. The molecule has 1 aromatic heterocycles. The number of carbonyl (C=O) groups is 1. The molecular formula is C19H13F2N3O3. The van der Waals surface area contributed by atoms with Crippen LogP contribution in [0.3, 0.4) is 0 Å². The van der Waals surface area contributed by atoms with E-state index in [0.29, 0.717) is 22.3 Å². The number of primary amides is 1. The predicted molar refractivity (Wildman–Crippen MR) is 92.1 cm³/mol. The van der Waals surface area contributed by atoms with Gasteiger partial charge in [-0.05, 0) is 18.2 Å².